The van der Waals surface area contributed by atoms with Crippen LogP contribution in [-0.4, -0.2) is 78.2 Å². The molecule has 3 aliphatic rings. The average molecular weight is 431 g/mol. The van der Waals surface area contributed by atoms with Crippen molar-refractivity contribution in [3.63, 3.8) is 0 Å². The second kappa shape index (κ2) is 9.26. The first-order valence-corrected chi connectivity index (χ1v) is 11.0. The summed E-state index contributed by atoms with van der Waals surface area (Å²) in [6.45, 7) is 2.05. The largest absolute Gasteiger partial charge is 0.488 e. The maximum atomic E-state index is 12.8. The molecule has 2 aliphatic heterocycles. The van der Waals surface area contributed by atoms with Gasteiger partial charge in [0, 0.05) is 26.1 Å². The zero-order chi connectivity index (χ0) is 22.0. The molecular weight excluding hydrogens is 400 g/mol. The quantitative estimate of drug-likeness (QED) is 0.711. The summed E-state index contributed by atoms with van der Waals surface area (Å²) in [7, 11) is 1.33. The van der Waals surface area contributed by atoms with Crippen LogP contribution in [0.25, 0.3) is 0 Å². The van der Waals surface area contributed by atoms with Crippen molar-refractivity contribution in [3.05, 3.63) is 29.8 Å². The highest BCUT2D eigenvalue weighted by Crippen LogP contribution is 2.38. The third-order valence-electron chi connectivity index (χ3n) is 6.73. The summed E-state index contributed by atoms with van der Waals surface area (Å²) in [4.78, 5) is 40.1. The van der Waals surface area contributed by atoms with Gasteiger partial charge in [0.25, 0.3) is 0 Å². The van der Waals surface area contributed by atoms with Crippen LogP contribution in [0.1, 0.15) is 42.5 Å². The highest BCUT2D eigenvalue weighted by molar-refractivity contribution is 5.89. The SMILES string of the molecule is COC(=O)c1cccc(O[C@@H]2C[C@@H]3CN(C(=O)CN4CCCCC4=O)C[C@@H]3C[C@H]2O)c1. The van der Waals surface area contributed by atoms with Crippen LogP contribution in [0.2, 0.25) is 0 Å². The molecule has 0 unspecified atom stereocenters. The van der Waals surface area contributed by atoms with Crippen molar-refractivity contribution in [1.82, 2.24) is 9.80 Å². The van der Waals surface area contributed by atoms with Crippen LogP contribution < -0.4 is 4.74 Å². The van der Waals surface area contributed by atoms with E-state index in [9.17, 15) is 19.5 Å². The van der Waals surface area contributed by atoms with Crippen molar-refractivity contribution in [2.24, 2.45) is 11.8 Å². The molecule has 0 radical (unpaired) electrons. The Morgan fingerprint density at radius 3 is 2.68 bits per heavy atom. The van der Waals surface area contributed by atoms with Gasteiger partial charge in [-0.2, -0.15) is 0 Å². The van der Waals surface area contributed by atoms with Crippen LogP contribution in [0.5, 0.6) is 5.75 Å². The van der Waals surface area contributed by atoms with E-state index in [2.05, 4.69) is 0 Å². The monoisotopic (exact) mass is 430 g/mol. The number of piperidine rings is 1. The van der Waals surface area contributed by atoms with Crippen molar-refractivity contribution in [2.75, 3.05) is 33.3 Å². The number of fused-ring (bicyclic) bond motifs is 1. The minimum absolute atomic E-state index is 0.0117. The first-order chi connectivity index (χ1) is 14.9. The van der Waals surface area contributed by atoms with E-state index >= 15 is 0 Å². The number of hydrogen-bond donors (Lipinski definition) is 1. The van der Waals surface area contributed by atoms with Gasteiger partial charge in [0.2, 0.25) is 11.8 Å². The van der Waals surface area contributed by atoms with Gasteiger partial charge in [-0.25, -0.2) is 4.79 Å². The van der Waals surface area contributed by atoms with E-state index < -0.39 is 18.2 Å². The fourth-order valence-electron chi connectivity index (χ4n) is 5.00. The van der Waals surface area contributed by atoms with Crippen LogP contribution in [-0.2, 0) is 14.3 Å². The van der Waals surface area contributed by atoms with Gasteiger partial charge >= 0.3 is 5.97 Å². The van der Waals surface area contributed by atoms with Crippen molar-refractivity contribution in [1.29, 1.82) is 0 Å². The van der Waals surface area contributed by atoms with E-state index in [1.165, 1.54) is 7.11 Å². The zero-order valence-electron chi connectivity index (χ0n) is 17.9. The van der Waals surface area contributed by atoms with E-state index in [0.717, 1.165) is 12.8 Å². The average Bonchev–Trinajstić information content (AvgIpc) is 3.18. The number of hydrogen-bond acceptors (Lipinski definition) is 6. The number of likely N-dealkylation sites (tertiary alicyclic amines) is 2. The lowest BCUT2D eigenvalue weighted by atomic mass is 9.78. The molecule has 31 heavy (non-hydrogen) atoms. The van der Waals surface area contributed by atoms with Gasteiger partial charge in [-0.1, -0.05) is 6.07 Å². The molecule has 0 aromatic heterocycles. The Bertz CT molecular complexity index is 843. The number of esters is 1. The van der Waals surface area contributed by atoms with Gasteiger partial charge in [-0.15, -0.1) is 0 Å². The van der Waals surface area contributed by atoms with E-state index in [1.807, 2.05) is 4.90 Å². The highest BCUT2D eigenvalue weighted by atomic mass is 16.5. The lowest BCUT2D eigenvalue weighted by molar-refractivity contribution is -0.141. The summed E-state index contributed by atoms with van der Waals surface area (Å²) >= 11 is 0. The Hall–Kier alpha value is -2.61. The van der Waals surface area contributed by atoms with Crippen molar-refractivity contribution >= 4 is 17.8 Å². The van der Waals surface area contributed by atoms with Crippen molar-refractivity contribution in [2.45, 2.75) is 44.3 Å². The molecule has 0 spiro atoms. The Balaban J connectivity index is 1.35. The molecule has 2 amide bonds. The molecule has 8 heteroatoms. The van der Waals surface area contributed by atoms with Crippen LogP contribution in [0, 0.1) is 11.8 Å². The molecule has 1 saturated carbocycles. The highest BCUT2D eigenvalue weighted by Gasteiger charge is 2.44. The van der Waals surface area contributed by atoms with Crippen LogP contribution in [0.4, 0.5) is 0 Å². The lowest BCUT2D eigenvalue weighted by Gasteiger charge is -2.35. The number of ether oxygens (including phenoxy) is 2. The maximum absolute atomic E-state index is 12.8. The van der Waals surface area contributed by atoms with Crippen LogP contribution >= 0.6 is 0 Å². The van der Waals surface area contributed by atoms with E-state index in [-0.39, 0.29) is 30.2 Å². The fourth-order valence-corrected chi connectivity index (χ4v) is 5.00. The molecule has 2 heterocycles. The number of nitrogens with zero attached hydrogens (tertiary/aromatic N) is 2. The Labute approximate surface area is 182 Å². The van der Waals surface area contributed by atoms with E-state index in [4.69, 9.17) is 9.47 Å². The van der Waals surface area contributed by atoms with Gasteiger partial charge < -0.3 is 24.4 Å². The molecule has 1 aliphatic carbocycles. The number of carbonyl (C=O) groups is 3. The molecule has 1 aromatic carbocycles. The number of carbonyl (C=O) groups excluding carboxylic acids is 3. The molecule has 2 saturated heterocycles. The Morgan fingerprint density at radius 1 is 1.16 bits per heavy atom. The Morgan fingerprint density at radius 2 is 1.94 bits per heavy atom. The number of amides is 2. The first-order valence-electron chi connectivity index (χ1n) is 11.0. The van der Waals surface area contributed by atoms with Gasteiger partial charge in [0.15, 0.2) is 0 Å². The van der Waals surface area contributed by atoms with E-state index in [1.54, 1.807) is 29.2 Å². The maximum Gasteiger partial charge on any atom is 0.337 e. The predicted octanol–water partition coefficient (Wildman–Crippen LogP) is 1.46. The summed E-state index contributed by atoms with van der Waals surface area (Å²) in [5.74, 6) is 0.610. The lowest BCUT2D eigenvalue weighted by Crippen LogP contribution is -2.44. The third kappa shape index (κ3) is 4.84. The molecule has 1 aromatic rings. The fraction of sp³-hybridized carbons (Fsp3) is 0.609. The van der Waals surface area contributed by atoms with Gasteiger partial charge in [0.05, 0.1) is 25.3 Å². The molecule has 3 fully saturated rings. The number of aliphatic hydroxyl groups excluding tert-OH is 1. The van der Waals surface area contributed by atoms with Crippen molar-refractivity contribution < 1.29 is 29.0 Å². The van der Waals surface area contributed by atoms with Crippen LogP contribution in [0.15, 0.2) is 24.3 Å². The second-order valence-electron chi connectivity index (χ2n) is 8.81. The molecule has 168 valence electrons. The van der Waals surface area contributed by atoms with Crippen LogP contribution in [0.3, 0.4) is 0 Å². The molecule has 4 atom stereocenters. The number of methoxy groups -OCH3 is 1. The van der Waals surface area contributed by atoms with Gasteiger partial charge in [-0.05, 0) is 55.7 Å². The topological polar surface area (TPSA) is 96.4 Å². The molecule has 4 rings (SSSR count). The van der Waals surface area contributed by atoms with Gasteiger partial charge in [-0.3, -0.25) is 9.59 Å². The molecular formula is C23H30N2O6. The van der Waals surface area contributed by atoms with Crippen molar-refractivity contribution in [3.8, 4) is 5.75 Å². The summed E-state index contributed by atoms with van der Waals surface area (Å²) in [5.41, 5.74) is 0.396. The molecule has 1 N–H and O–H groups in total. The molecule has 0 bridgehead atoms. The smallest absolute Gasteiger partial charge is 0.337 e. The second-order valence-corrected chi connectivity index (χ2v) is 8.81. The summed E-state index contributed by atoms with van der Waals surface area (Å²) < 4.78 is 10.8. The first kappa shape index (κ1) is 21.6. The summed E-state index contributed by atoms with van der Waals surface area (Å²) in [6, 6.07) is 6.74. The normalized spacial score (nSPS) is 28.3. The summed E-state index contributed by atoms with van der Waals surface area (Å²) in [6.07, 6.45) is 2.56. The third-order valence-corrected chi connectivity index (χ3v) is 6.73. The van der Waals surface area contributed by atoms with Gasteiger partial charge in [0.1, 0.15) is 11.9 Å². The number of rotatable bonds is 5. The minimum Gasteiger partial charge on any atom is -0.488 e. The minimum atomic E-state index is -0.637. The van der Waals surface area contributed by atoms with E-state index in [0.29, 0.717) is 50.2 Å². The Kier molecular flexibility index (Phi) is 6.46. The predicted molar refractivity (Wildman–Crippen MR) is 111 cm³/mol. The number of aliphatic hydroxyl groups is 1. The number of benzene rings is 1. The molecule has 8 nitrogen and oxygen atoms in total. The zero-order valence-corrected chi connectivity index (χ0v) is 17.9. The standard InChI is InChI=1S/C23H30N2O6/c1-30-23(29)15-5-4-6-18(9-15)31-20-11-17-13-25(12-16(17)10-19(20)26)22(28)14-24-8-3-2-7-21(24)27/h4-6,9,16-17,19-20,26H,2-3,7-8,10-14H2,1H3/t16-,17+,19+,20+/m0/s1. The summed E-state index contributed by atoms with van der Waals surface area (Å²) in [5, 5.41) is 10.6.